The first-order valence-electron chi connectivity index (χ1n) is 11.5. The number of carbonyl (C=O) groups excluding carboxylic acids is 1. The molecule has 3 aromatic rings. The number of nitriles is 1. The van der Waals surface area contributed by atoms with Gasteiger partial charge in [0, 0.05) is 36.1 Å². The van der Waals surface area contributed by atoms with Crippen LogP contribution in [0.25, 0.3) is 22.0 Å². The van der Waals surface area contributed by atoms with Crippen LogP contribution < -0.4 is 4.74 Å². The lowest BCUT2D eigenvalue weighted by Crippen LogP contribution is -2.32. The quantitative estimate of drug-likeness (QED) is 0.581. The molecule has 0 saturated carbocycles. The predicted molar refractivity (Wildman–Crippen MR) is 130 cm³/mol. The van der Waals surface area contributed by atoms with Crippen LogP contribution in [0.4, 0.5) is 0 Å². The number of fused-ring (bicyclic) bond motifs is 2. The molecule has 1 atom stereocenters. The largest absolute Gasteiger partial charge is 0.490 e. The van der Waals surface area contributed by atoms with Crippen LogP contribution >= 0.6 is 11.5 Å². The summed E-state index contributed by atoms with van der Waals surface area (Å²) in [5.74, 6) is 1.35. The lowest BCUT2D eigenvalue weighted by molar-refractivity contribution is -0.128. The molecule has 2 aliphatic rings. The lowest BCUT2D eigenvalue weighted by atomic mass is 9.80. The number of rotatable bonds is 6. The first-order valence-corrected chi connectivity index (χ1v) is 12.3. The van der Waals surface area contributed by atoms with Crippen molar-refractivity contribution in [2.45, 2.75) is 44.6 Å². The van der Waals surface area contributed by atoms with Crippen LogP contribution in [-0.4, -0.2) is 51.1 Å². The van der Waals surface area contributed by atoms with Gasteiger partial charge in [0.25, 0.3) is 0 Å². The summed E-state index contributed by atoms with van der Waals surface area (Å²) < 4.78 is 10.4. The van der Waals surface area contributed by atoms with Gasteiger partial charge in [-0.25, -0.2) is 4.98 Å². The summed E-state index contributed by atoms with van der Waals surface area (Å²) in [4.78, 5) is 19.1. The minimum Gasteiger partial charge on any atom is -0.490 e. The number of hydrogen-bond donors (Lipinski definition) is 1. The van der Waals surface area contributed by atoms with Gasteiger partial charge in [0.15, 0.2) is 5.82 Å². The molecule has 1 saturated heterocycles. The normalized spacial score (nSPS) is 19.1. The number of aliphatic hydroxyl groups excluding tert-OH is 1. The predicted octanol–water partition coefficient (Wildman–Crippen LogP) is 3.94. The third kappa shape index (κ3) is 3.85. The summed E-state index contributed by atoms with van der Waals surface area (Å²) in [5, 5.41) is 19.6. The van der Waals surface area contributed by atoms with Crippen molar-refractivity contribution in [1.82, 2.24) is 14.3 Å². The molecule has 1 aliphatic heterocycles. The Kier molecular flexibility index (Phi) is 5.84. The van der Waals surface area contributed by atoms with Crippen molar-refractivity contribution in [2.75, 3.05) is 19.7 Å². The highest BCUT2D eigenvalue weighted by molar-refractivity contribution is 7.09. The van der Waals surface area contributed by atoms with Crippen LogP contribution in [0.1, 0.15) is 43.4 Å². The van der Waals surface area contributed by atoms with E-state index in [1.807, 2.05) is 38.1 Å². The van der Waals surface area contributed by atoms with E-state index in [0.29, 0.717) is 36.6 Å². The van der Waals surface area contributed by atoms with Gasteiger partial charge in [-0.1, -0.05) is 18.2 Å². The topological polar surface area (TPSA) is 99.3 Å². The van der Waals surface area contributed by atoms with Crippen LogP contribution in [0.15, 0.2) is 36.4 Å². The summed E-state index contributed by atoms with van der Waals surface area (Å²) in [6, 6.07) is 13.9. The summed E-state index contributed by atoms with van der Waals surface area (Å²) in [6.45, 7) is 4.89. The van der Waals surface area contributed by atoms with E-state index in [0.717, 1.165) is 29.0 Å². The summed E-state index contributed by atoms with van der Waals surface area (Å²) >= 11 is 1.31. The Balaban J connectivity index is 1.46. The molecular weight excluding hydrogens is 448 g/mol. The van der Waals surface area contributed by atoms with Gasteiger partial charge in [0.2, 0.25) is 5.91 Å². The average Bonchev–Trinajstić information content (AvgIpc) is 3.52. The molecule has 2 heterocycles. The Morgan fingerprint density at radius 3 is 2.94 bits per heavy atom. The second kappa shape index (κ2) is 8.82. The van der Waals surface area contributed by atoms with Crippen LogP contribution in [0.2, 0.25) is 0 Å². The molecule has 1 amide bonds. The van der Waals surface area contributed by atoms with E-state index in [2.05, 4.69) is 16.5 Å². The lowest BCUT2D eigenvalue weighted by Gasteiger charge is -2.24. The number of amides is 1. The highest BCUT2D eigenvalue weighted by Crippen LogP contribution is 2.48. The molecule has 1 aromatic heterocycles. The second-order valence-electron chi connectivity index (χ2n) is 9.24. The molecule has 1 spiro atoms. The van der Waals surface area contributed by atoms with Crippen molar-refractivity contribution in [3.63, 3.8) is 0 Å². The molecule has 1 aliphatic carbocycles. The third-order valence-corrected chi connectivity index (χ3v) is 7.45. The number of benzene rings is 2. The van der Waals surface area contributed by atoms with E-state index >= 15 is 0 Å². The van der Waals surface area contributed by atoms with Crippen molar-refractivity contribution >= 4 is 17.4 Å². The Hall–Kier alpha value is -3.28. The maximum atomic E-state index is 12.5. The average molecular weight is 475 g/mol. The van der Waals surface area contributed by atoms with Crippen LogP contribution in [-0.2, 0) is 16.6 Å². The van der Waals surface area contributed by atoms with Crippen molar-refractivity contribution < 1.29 is 14.6 Å². The maximum Gasteiger partial charge on any atom is 0.223 e. The maximum absolute atomic E-state index is 12.5. The molecule has 0 radical (unpaired) electrons. The molecular formula is C26H26N4O3S. The van der Waals surface area contributed by atoms with Gasteiger partial charge >= 0.3 is 0 Å². The molecule has 174 valence electrons. The monoisotopic (exact) mass is 474 g/mol. The van der Waals surface area contributed by atoms with Gasteiger partial charge in [-0.2, -0.15) is 9.64 Å². The van der Waals surface area contributed by atoms with E-state index in [4.69, 9.17) is 9.72 Å². The van der Waals surface area contributed by atoms with Crippen LogP contribution in [0.5, 0.6) is 5.75 Å². The van der Waals surface area contributed by atoms with Gasteiger partial charge in [-0.15, -0.1) is 0 Å². The van der Waals surface area contributed by atoms with E-state index in [9.17, 15) is 15.2 Å². The number of β-amino-alcohol motifs (C(OH)–C–C–N with tert-alkyl or cyclic N) is 1. The zero-order valence-corrected chi connectivity index (χ0v) is 20.1. The molecule has 0 bridgehead atoms. The number of carbonyl (C=O) groups is 1. The van der Waals surface area contributed by atoms with Crippen molar-refractivity contribution in [3.05, 3.63) is 53.1 Å². The van der Waals surface area contributed by atoms with Crippen LogP contribution in [0.3, 0.4) is 0 Å². The molecule has 7 nitrogen and oxygen atoms in total. The zero-order valence-electron chi connectivity index (χ0n) is 19.2. The van der Waals surface area contributed by atoms with Gasteiger partial charge in [-0.3, -0.25) is 4.79 Å². The smallest absolute Gasteiger partial charge is 0.223 e. The van der Waals surface area contributed by atoms with Gasteiger partial charge in [0.1, 0.15) is 16.8 Å². The molecule has 5 rings (SSSR count). The van der Waals surface area contributed by atoms with Crippen molar-refractivity contribution in [1.29, 1.82) is 5.26 Å². The SMILES string of the molecule is CC(C)Oc1ccc(-c2nc(-c3cccc4c3CC[C@@]43CC(=O)N(CCO)C3)ns2)cc1C#N. The van der Waals surface area contributed by atoms with Crippen molar-refractivity contribution in [2.24, 2.45) is 0 Å². The van der Waals surface area contributed by atoms with Gasteiger partial charge in [0.05, 0.1) is 18.3 Å². The molecule has 2 aromatic carbocycles. The molecule has 34 heavy (non-hydrogen) atoms. The van der Waals surface area contributed by atoms with E-state index in [1.54, 1.807) is 11.0 Å². The van der Waals surface area contributed by atoms with Crippen LogP contribution in [0, 0.1) is 11.3 Å². The highest BCUT2D eigenvalue weighted by atomic mass is 32.1. The van der Waals surface area contributed by atoms with Gasteiger partial charge < -0.3 is 14.7 Å². The Morgan fingerprint density at radius 1 is 1.32 bits per heavy atom. The van der Waals surface area contributed by atoms with Gasteiger partial charge in [-0.05, 0) is 67.5 Å². The fraction of sp³-hybridized carbons (Fsp3) is 0.385. The highest BCUT2D eigenvalue weighted by Gasteiger charge is 2.48. The third-order valence-electron chi connectivity index (χ3n) is 6.68. The minimum atomic E-state index is -0.190. The Morgan fingerprint density at radius 2 is 2.18 bits per heavy atom. The first kappa shape index (κ1) is 22.5. The molecule has 1 N–H and O–H groups in total. The molecule has 0 unspecified atom stereocenters. The molecule has 1 fully saturated rings. The number of hydrogen-bond acceptors (Lipinski definition) is 7. The van der Waals surface area contributed by atoms with E-state index in [1.165, 1.54) is 22.7 Å². The number of aromatic nitrogens is 2. The summed E-state index contributed by atoms with van der Waals surface area (Å²) in [7, 11) is 0. The Labute approximate surface area is 202 Å². The fourth-order valence-corrected chi connectivity index (χ4v) is 5.87. The second-order valence-corrected chi connectivity index (χ2v) is 9.99. The number of likely N-dealkylation sites (tertiary alicyclic amines) is 1. The Bertz CT molecular complexity index is 1300. The summed E-state index contributed by atoms with van der Waals surface area (Å²) in [5.41, 5.74) is 4.54. The van der Waals surface area contributed by atoms with E-state index < -0.39 is 0 Å². The first-order chi connectivity index (χ1) is 16.4. The van der Waals surface area contributed by atoms with E-state index in [-0.39, 0.29) is 24.0 Å². The van der Waals surface area contributed by atoms with Crippen molar-refractivity contribution in [3.8, 4) is 33.8 Å². The fourth-order valence-electron chi connectivity index (χ4n) is 5.20. The number of ether oxygens (including phenoxy) is 1. The number of nitrogens with zero attached hydrogens (tertiary/aromatic N) is 4. The summed E-state index contributed by atoms with van der Waals surface area (Å²) in [6.07, 6.45) is 2.26. The minimum absolute atomic E-state index is 0.0135. The zero-order chi connectivity index (χ0) is 23.9. The number of aliphatic hydroxyl groups is 1. The standard InChI is InChI=1S/C26H26N4O3S/c1-16(2)33-22-7-6-17(12-18(22)14-27)25-28-24(29-34-25)20-4-3-5-21-19(20)8-9-26(21)13-23(32)30(15-26)10-11-31/h3-7,12,16,31H,8-11,13,15H2,1-2H3/t26-/m0/s1. The molecule has 8 heteroatoms.